The first-order valence-corrected chi connectivity index (χ1v) is 7.42. The van der Waals surface area contributed by atoms with Gasteiger partial charge in [0.1, 0.15) is 17.5 Å². The third-order valence-electron chi connectivity index (χ3n) is 3.28. The maximum absolute atomic E-state index is 6.25. The van der Waals surface area contributed by atoms with E-state index in [1.165, 1.54) is 0 Å². The summed E-state index contributed by atoms with van der Waals surface area (Å²) >= 11 is 12.2. The summed E-state index contributed by atoms with van der Waals surface area (Å²) in [5.74, 6) is 2.33. The van der Waals surface area contributed by atoms with Gasteiger partial charge < -0.3 is 10.6 Å². The van der Waals surface area contributed by atoms with Crippen molar-refractivity contribution in [1.29, 1.82) is 0 Å². The van der Waals surface area contributed by atoms with Crippen LogP contribution in [0, 0.1) is 13.8 Å². The summed E-state index contributed by atoms with van der Waals surface area (Å²) in [5, 5.41) is 7.72. The molecule has 2 aromatic rings. The lowest BCUT2D eigenvalue weighted by atomic mass is 10.1. The highest BCUT2D eigenvalue weighted by molar-refractivity contribution is 6.35. The lowest BCUT2D eigenvalue weighted by Gasteiger charge is -2.19. The van der Waals surface area contributed by atoms with Gasteiger partial charge in [-0.3, -0.25) is 0 Å². The molecule has 1 atom stereocenters. The van der Waals surface area contributed by atoms with E-state index in [1.807, 2.05) is 40.0 Å². The standard InChI is InChI=1S/C15H18Cl2N4/c1-8-14(18-4)20-10(3)21-15(8)19-9(2)12-6-5-11(16)7-13(12)17/h5-7,9H,1-4H3,(H2,18,19,20,21). The summed E-state index contributed by atoms with van der Waals surface area (Å²) in [7, 11) is 1.85. The minimum atomic E-state index is 0.00692. The molecule has 21 heavy (non-hydrogen) atoms. The van der Waals surface area contributed by atoms with E-state index >= 15 is 0 Å². The fourth-order valence-electron chi connectivity index (χ4n) is 2.15. The summed E-state index contributed by atoms with van der Waals surface area (Å²) in [6, 6.07) is 5.50. The number of nitrogens with zero attached hydrogens (tertiary/aromatic N) is 2. The van der Waals surface area contributed by atoms with Crippen LogP contribution in [0.4, 0.5) is 11.6 Å². The van der Waals surface area contributed by atoms with Crippen molar-refractivity contribution >= 4 is 34.8 Å². The summed E-state index contributed by atoms with van der Waals surface area (Å²) in [6.45, 7) is 5.88. The second kappa shape index (κ2) is 6.50. The Morgan fingerprint density at radius 1 is 1.10 bits per heavy atom. The Morgan fingerprint density at radius 3 is 2.38 bits per heavy atom. The lowest BCUT2D eigenvalue weighted by Crippen LogP contribution is -2.12. The molecule has 6 heteroatoms. The van der Waals surface area contributed by atoms with Crippen LogP contribution >= 0.6 is 23.2 Å². The number of aryl methyl sites for hydroxylation is 1. The molecule has 2 rings (SSSR count). The Morgan fingerprint density at radius 2 is 1.76 bits per heavy atom. The number of hydrogen-bond donors (Lipinski definition) is 2. The van der Waals surface area contributed by atoms with E-state index in [-0.39, 0.29) is 6.04 Å². The highest BCUT2D eigenvalue weighted by Crippen LogP contribution is 2.29. The van der Waals surface area contributed by atoms with Gasteiger partial charge in [-0.1, -0.05) is 29.3 Å². The molecule has 0 amide bonds. The van der Waals surface area contributed by atoms with E-state index in [2.05, 4.69) is 20.6 Å². The quantitative estimate of drug-likeness (QED) is 0.861. The van der Waals surface area contributed by atoms with Gasteiger partial charge in [0.15, 0.2) is 0 Å². The molecule has 1 unspecified atom stereocenters. The average Bonchev–Trinajstić information content (AvgIpc) is 2.42. The fourth-order valence-corrected chi connectivity index (χ4v) is 2.72. The summed E-state index contributed by atoms with van der Waals surface area (Å²) in [5.41, 5.74) is 1.95. The Labute approximate surface area is 134 Å². The highest BCUT2D eigenvalue weighted by atomic mass is 35.5. The molecule has 0 saturated carbocycles. The SMILES string of the molecule is CNc1nc(C)nc(NC(C)c2ccc(Cl)cc2Cl)c1C. The van der Waals surface area contributed by atoms with Gasteiger partial charge in [0.25, 0.3) is 0 Å². The molecule has 4 nitrogen and oxygen atoms in total. The van der Waals surface area contributed by atoms with Gasteiger partial charge >= 0.3 is 0 Å². The zero-order chi connectivity index (χ0) is 15.6. The second-order valence-electron chi connectivity index (χ2n) is 4.87. The summed E-state index contributed by atoms with van der Waals surface area (Å²) in [6.07, 6.45) is 0. The molecular weight excluding hydrogens is 307 g/mol. The van der Waals surface area contributed by atoms with Gasteiger partial charge in [-0.25, -0.2) is 9.97 Å². The van der Waals surface area contributed by atoms with Gasteiger partial charge in [-0.05, 0) is 38.5 Å². The van der Waals surface area contributed by atoms with Crippen LogP contribution in [0.15, 0.2) is 18.2 Å². The number of halogens is 2. The monoisotopic (exact) mass is 324 g/mol. The van der Waals surface area contributed by atoms with E-state index in [0.717, 1.165) is 22.8 Å². The third kappa shape index (κ3) is 3.57. The maximum Gasteiger partial charge on any atom is 0.135 e. The van der Waals surface area contributed by atoms with Crippen molar-refractivity contribution in [1.82, 2.24) is 9.97 Å². The van der Waals surface area contributed by atoms with Crippen molar-refractivity contribution in [2.24, 2.45) is 0 Å². The van der Waals surface area contributed by atoms with E-state index in [1.54, 1.807) is 6.07 Å². The zero-order valence-electron chi connectivity index (χ0n) is 12.5. The van der Waals surface area contributed by atoms with Gasteiger partial charge in [0, 0.05) is 22.7 Å². The predicted octanol–water partition coefficient (Wildman–Crippen LogP) is 4.62. The Hall–Kier alpha value is -1.52. The topological polar surface area (TPSA) is 49.8 Å². The van der Waals surface area contributed by atoms with E-state index in [0.29, 0.717) is 15.9 Å². The van der Waals surface area contributed by atoms with Crippen molar-refractivity contribution in [3.05, 3.63) is 45.2 Å². The van der Waals surface area contributed by atoms with Crippen molar-refractivity contribution in [3.8, 4) is 0 Å². The first-order valence-electron chi connectivity index (χ1n) is 6.67. The van der Waals surface area contributed by atoms with Crippen LogP contribution in [-0.4, -0.2) is 17.0 Å². The van der Waals surface area contributed by atoms with Crippen LogP contribution in [0.2, 0.25) is 10.0 Å². The van der Waals surface area contributed by atoms with Gasteiger partial charge in [0.2, 0.25) is 0 Å². The molecular formula is C15H18Cl2N4. The fraction of sp³-hybridized carbons (Fsp3) is 0.333. The first kappa shape index (κ1) is 15.9. The third-order valence-corrected chi connectivity index (χ3v) is 3.84. The summed E-state index contributed by atoms with van der Waals surface area (Å²) in [4.78, 5) is 8.82. The van der Waals surface area contributed by atoms with Crippen molar-refractivity contribution in [2.75, 3.05) is 17.7 Å². The Balaban J connectivity index is 2.31. The van der Waals surface area contributed by atoms with E-state index in [4.69, 9.17) is 23.2 Å². The van der Waals surface area contributed by atoms with Gasteiger partial charge in [-0.15, -0.1) is 0 Å². The molecule has 0 saturated heterocycles. The predicted molar refractivity (Wildman–Crippen MR) is 89.6 cm³/mol. The molecule has 1 aromatic heterocycles. The van der Waals surface area contributed by atoms with E-state index < -0.39 is 0 Å². The average molecular weight is 325 g/mol. The number of nitrogens with one attached hydrogen (secondary N) is 2. The van der Waals surface area contributed by atoms with Crippen molar-refractivity contribution < 1.29 is 0 Å². The van der Waals surface area contributed by atoms with Crippen LogP contribution in [0.1, 0.15) is 29.9 Å². The number of benzene rings is 1. The molecule has 1 aromatic carbocycles. The van der Waals surface area contributed by atoms with Crippen LogP contribution in [0.5, 0.6) is 0 Å². The molecule has 0 aliphatic carbocycles. The van der Waals surface area contributed by atoms with Gasteiger partial charge in [0.05, 0.1) is 6.04 Å². The lowest BCUT2D eigenvalue weighted by molar-refractivity contribution is 0.863. The highest BCUT2D eigenvalue weighted by Gasteiger charge is 2.14. The molecule has 112 valence electrons. The minimum Gasteiger partial charge on any atom is -0.373 e. The van der Waals surface area contributed by atoms with Crippen molar-refractivity contribution in [3.63, 3.8) is 0 Å². The Bertz CT molecular complexity index is 658. The smallest absolute Gasteiger partial charge is 0.135 e. The molecule has 0 aliphatic heterocycles. The van der Waals surface area contributed by atoms with Crippen LogP contribution in [0.3, 0.4) is 0 Å². The van der Waals surface area contributed by atoms with Crippen LogP contribution in [0.25, 0.3) is 0 Å². The molecule has 0 spiro atoms. The molecule has 2 N–H and O–H groups in total. The summed E-state index contributed by atoms with van der Waals surface area (Å²) < 4.78 is 0. The normalized spacial score (nSPS) is 12.1. The number of rotatable bonds is 4. The maximum atomic E-state index is 6.25. The number of anilines is 2. The van der Waals surface area contributed by atoms with Gasteiger partial charge in [-0.2, -0.15) is 0 Å². The number of hydrogen-bond acceptors (Lipinski definition) is 4. The molecule has 0 fully saturated rings. The van der Waals surface area contributed by atoms with Crippen LogP contribution < -0.4 is 10.6 Å². The molecule has 0 radical (unpaired) electrons. The van der Waals surface area contributed by atoms with Crippen molar-refractivity contribution in [2.45, 2.75) is 26.8 Å². The first-order chi connectivity index (χ1) is 9.92. The molecule has 0 aliphatic rings. The van der Waals surface area contributed by atoms with Crippen LogP contribution in [-0.2, 0) is 0 Å². The Kier molecular flexibility index (Phi) is 4.91. The largest absolute Gasteiger partial charge is 0.373 e. The van der Waals surface area contributed by atoms with E-state index in [9.17, 15) is 0 Å². The molecule has 0 bridgehead atoms. The minimum absolute atomic E-state index is 0.00692. The molecule has 1 heterocycles. The second-order valence-corrected chi connectivity index (χ2v) is 5.72. The zero-order valence-corrected chi connectivity index (χ0v) is 14.0. The number of aromatic nitrogens is 2.